The van der Waals surface area contributed by atoms with Crippen molar-refractivity contribution < 1.29 is 4.79 Å². The fourth-order valence-corrected chi connectivity index (χ4v) is 4.03. The Bertz CT molecular complexity index is 653. The van der Waals surface area contributed by atoms with Crippen molar-refractivity contribution in [1.82, 2.24) is 0 Å². The zero-order valence-corrected chi connectivity index (χ0v) is 12.4. The SMILES string of the molecule is NC(=O)Cc1ccccc1NC1CCc2sc(Cl)cc21. The molecule has 0 saturated carbocycles. The van der Waals surface area contributed by atoms with E-state index in [1.165, 1.54) is 10.4 Å². The summed E-state index contributed by atoms with van der Waals surface area (Å²) in [7, 11) is 0. The van der Waals surface area contributed by atoms with Crippen LogP contribution in [-0.2, 0) is 17.6 Å². The Kier molecular flexibility index (Phi) is 3.68. The molecule has 3 N–H and O–H groups in total. The van der Waals surface area contributed by atoms with Crippen molar-refractivity contribution in [2.45, 2.75) is 25.3 Å². The van der Waals surface area contributed by atoms with Gasteiger partial charge in [0, 0.05) is 10.6 Å². The monoisotopic (exact) mass is 306 g/mol. The molecule has 1 aliphatic carbocycles. The number of hydrogen-bond acceptors (Lipinski definition) is 3. The van der Waals surface area contributed by atoms with E-state index in [1.54, 1.807) is 11.3 Å². The molecule has 104 valence electrons. The van der Waals surface area contributed by atoms with Crippen LogP contribution < -0.4 is 11.1 Å². The van der Waals surface area contributed by atoms with E-state index in [-0.39, 0.29) is 18.4 Å². The van der Waals surface area contributed by atoms with Crippen molar-refractivity contribution in [2.75, 3.05) is 5.32 Å². The summed E-state index contributed by atoms with van der Waals surface area (Å²) in [6, 6.07) is 10.1. The average molecular weight is 307 g/mol. The van der Waals surface area contributed by atoms with Gasteiger partial charge in [0.2, 0.25) is 5.91 Å². The molecule has 1 amide bonds. The summed E-state index contributed by atoms with van der Waals surface area (Å²) in [4.78, 5) is 12.5. The maximum absolute atomic E-state index is 11.1. The number of carbonyl (C=O) groups excluding carboxylic acids is 1. The normalized spacial score (nSPS) is 16.9. The highest BCUT2D eigenvalue weighted by molar-refractivity contribution is 7.16. The van der Waals surface area contributed by atoms with Crippen molar-refractivity contribution in [2.24, 2.45) is 5.73 Å². The van der Waals surface area contributed by atoms with E-state index in [4.69, 9.17) is 17.3 Å². The van der Waals surface area contributed by atoms with Gasteiger partial charge in [0.15, 0.2) is 0 Å². The second kappa shape index (κ2) is 5.46. The standard InChI is InChI=1S/C15H15ClN2OS/c16-14-8-10-12(5-6-13(10)20-14)18-11-4-2-1-3-9(11)7-15(17)19/h1-4,8,12,18H,5-7H2,(H2,17,19). The first-order valence-corrected chi connectivity index (χ1v) is 7.74. The summed E-state index contributed by atoms with van der Waals surface area (Å²) < 4.78 is 0.840. The molecule has 0 fully saturated rings. The quantitative estimate of drug-likeness (QED) is 0.908. The first-order chi connectivity index (χ1) is 9.63. The minimum Gasteiger partial charge on any atom is -0.378 e. The second-order valence-corrected chi connectivity index (χ2v) is 6.73. The summed E-state index contributed by atoms with van der Waals surface area (Å²) in [6.45, 7) is 0. The Labute approximate surface area is 126 Å². The Balaban J connectivity index is 1.84. The minimum absolute atomic E-state index is 0.257. The Morgan fingerprint density at radius 3 is 3.05 bits per heavy atom. The van der Waals surface area contributed by atoms with Crippen molar-refractivity contribution in [1.29, 1.82) is 0 Å². The molecule has 1 aromatic carbocycles. The predicted octanol–water partition coefficient (Wildman–Crippen LogP) is 3.53. The number of rotatable bonds is 4. The summed E-state index contributed by atoms with van der Waals surface area (Å²) in [6.07, 6.45) is 2.37. The first-order valence-electron chi connectivity index (χ1n) is 6.54. The van der Waals surface area contributed by atoms with E-state index in [0.717, 1.165) is 28.4 Å². The van der Waals surface area contributed by atoms with E-state index < -0.39 is 0 Å². The lowest BCUT2D eigenvalue weighted by molar-refractivity contribution is -0.117. The van der Waals surface area contributed by atoms with Crippen molar-refractivity contribution in [3.05, 3.63) is 50.7 Å². The van der Waals surface area contributed by atoms with Crippen LogP contribution in [0.25, 0.3) is 0 Å². The van der Waals surface area contributed by atoms with Crippen LogP contribution in [0, 0.1) is 0 Å². The van der Waals surface area contributed by atoms with Gasteiger partial charge in [-0.15, -0.1) is 11.3 Å². The molecule has 3 rings (SSSR count). The molecule has 1 aliphatic rings. The zero-order valence-electron chi connectivity index (χ0n) is 10.9. The van der Waals surface area contributed by atoms with Gasteiger partial charge in [-0.1, -0.05) is 29.8 Å². The van der Waals surface area contributed by atoms with Gasteiger partial charge in [0.25, 0.3) is 0 Å². The maximum atomic E-state index is 11.1. The highest BCUT2D eigenvalue weighted by Gasteiger charge is 2.25. The third kappa shape index (κ3) is 2.67. The topological polar surface area (TPSA) is 55.1 Å². The van der Waals surface area contributed by atoms with E-state index in [9.17, 15) is 4.79 Å². The predicted molar refractivity (Wildman–Crippen MR) is 83.4 cm³/mol. The fraction of sp³-hybridized carbons (Fsp3) is 0.267. The number of halogens is 1. The molecule has 5 heteroatoms. The molecule has 1 heterocycles. The number of anilines is 1. The smallest absolute Gasteiger partial charge is 0.221 e. The minimum atomic E-state index is -0.315. The van der Waals surface area contributed by atoms with Crippen LogP contribution in [0.15, 0.2) is 30.3 Å². The van der Waals surface area contributed by atoms with Gasteiger partial charge in [-0.25, -0.2) is 0 Å². The molecule has 1 atom stereocenters. The molecule has 1 aromatic heterocycles. The van der Waals surface area contributed by atoms with E-state index in [1.807, 2.05) is 30.3 Å². The molecule has 2 aromatic rings. The lowest BCUT2D eigenvalue weighted by atomic mass is 10.1. The van der Waals surface area contributed by atoms with Gasteiger partial charge >= 0.3 is 0 Å². The summed E-state index contributed by atoms with van der Waals surface area (Å²) in [5.74, 6) is -0.315. The van der Waals surface area contributed by atoms with Gasteiger partial charge in [-0.2, -0.15) is 0 Å². The number of primary amides is 1. The lowest BCUT2D eigenvalue weighted by Crippen LogP contribution is -2.16. The number of amides is 1. The third-order valence-corrected chi connectivity index (χ3v) is 4.90. The average Bonchev–Trinajstić information content (AvgIpc) is 2.92. The molecule has 1 unspecified atom stereocenters. The van der Waals surface area contributed by atoms with Crippen LogP contribution in [0.3, 0.4) is 0 Å². The zero-order chi connectivity index (χ0) is 14.1. The number of fused-ring (bicyclic) bond motifs is 1. The fourth-order valence-electron chi connectivity index (χ4n) is 2.67. The van der Waals surface area contributed by atoms with Gasteiger partial charge in [-0.05, 0) is 36.1 Å². The third-order valence-electron chi connectivity index (χ3n) is 3.56. The number of benzene rings is 1. The first kappa shape index (κ1) is 13.5. The highest BCUT2D eigenvalue weighted by atomic mass is 35.5. The molecule has 0 saturated heterocycles. The van der Waals surface area contributed by atoms with Gasteiger partial charge < -0.3 is 11.1 Å². The van der Waals surface area contributed by atoms with Crippen LogP contribution in [0.4, 0.5) is 5.69 Å². The van der Waals surface area contributed by atoms with E-state index >= 15 is 0 Å². The van der Waals surface area contributed by atoms with Crippen LogP contribution in [0.2, 0.25) is 4.34 Å². The molecule has 0 aliphatic heterocycles. The number of nitrogens with one attached hydrogen (secondary N) is 1. The van der Waals surface area contributed by atoms with Crippen molar-refractivity contribution in [3.63, 3.8) is 0 Å². The number of hydrogen-bond donors (Lipinski definition) is 2. The molecule has 0 spiro atoms. The van der Waals surface area contributed by atoms with Crippen LogP contribution >= 0.6 is 22.9 Å². The largest absolute Gasteiger partial charge is 0.378 e. The molecule has 0 radical (unpaired) electrons. The summed E-state index contributed by atoms with van der Waals surface area (Å²) in [5, 5.41) is 3.52. The van der Waals surface area contributed by atoms with Gasteiger partial charge in [-0.3, -0.25) is 4.79 Å². The number of para-hydroxylation sites is 1. The molecule has 0 bridgehead atoms. The van der Waals surface area contributed by atoms with Crippen molar-refractivity contribution in [3.8, 4) is 0 Å². The number of thiophene rings is 1. The van der Waals surface area contributed by atoms with E-state index in [0.29, 0.717) is 0 Å². The molecular formula is C15H15ClN2OS. The van der Waals surface area contributed by atoms with Crippen LogP contribution in [0.5, 0.6) is 0 Å². The van der Waals surface area contributed by atoms with Gasteiger partial charge in [0.05, 0.1) is 16.8 Å². The number of aryl methyl sites for hydroxylation is 1. The van der Waals surface area contributed by atoms with E-state index in [2.05, 4.69) is 5.32 Å². The number of carbonyl (C=O) groups is 1. The Morgan fingerprint density at radius 1 is 1.45 bits per heavy atom. The Hall–Kier alpha value is -1.52. The van der Waals surface area contributed by atoms with Crippen molar-refractivity contribution >= 4 is 34.5 Å². The lowest BCUT2D eigenvalue weighted by Gasteiger charge is -2.17. The molecule has 20 heavy (non-hydrogen) atoms. The second-order valence-electron chi connectivity index (χ2n) is 4.96. The number of nitrogens with two attached hydrogens (primary N) is 1. The molecule has 3 nitrogen and oxygen atoms in total. The molecular weight excluding hydrogens is 292 g/mol. The summed E-state index contributed by atoms with van der Waals surface area (Å²) >= 11 is 7.73. The van der Waals surface area contributed by atoms with Crippen LogP contribution in [-0.4, -0.2) is 5.91 Å². The van der Waals surface area contributed by atoms with Crippen LogP contribution in [0.1, 0.15) is 28.5 Å². The highest BCUT2D eigenvalue weighted by Crippen LogP contribution is 2.41. The maximum Gasteiger partial charge on any atom is 0.221 e. The Morgan fingerprint density at radius 2 is 2.25 bits per heavy atom. The summed E-state index contributed by atoms with van der Waals surface area (Å²) in [5.41, 5.74) is 8.50. The van der Waals surface area contributed by atoms with Gasteiger partial charge in [0.1, 0.15) is 0 Å².